The lowest BCUT2D eigenvalue weighted by Crippen LogP contribution is -2.42. The van der Waals surface area contributed by atoms with Crippen molar-refractivity contribution in [3.8, 4) is 0 Å². The number of benzene rings is 1. The minimum absolute atomic E-state index is 0.293. The van der Waals surface area contributed by atoms with E-state index >= 15 is 0 Å². The van der Waals surface area contributed by atoms with Gasteiger partial charge in [-0.15, -0.1) is 4.49 Å². The minimum Gasteiger partial charge on any atom is -0.325 e. The monoisotopic (exact) mass is 577 g/mol. The first-order valence-electron chi connectivity index (χ1n) is 12.2. The Labute approximate surface area is 231 Å². The third-order valence-corrected chi connectivity index (χ3v) is 8.83. The Morgan fingerprint density at radius 2 is 1.88 bits per heavy atom. The summed E-state index contributed by atoms with van der Waals surface area (Å²) in [6, 6.07) is 16.4. The number of aliphatic imine (C=N–C) groups is 2. The topological polar surface area (TPSA) is 167 Å². The summed E-state index contributed by atoms with van der Waals surface area (Å²) in [7, 11) is -9.57. The van der Waals surface area contributed by atoms with Crippen LogP contribution in [0.15, 0.2) is 118 Å². The van der Waals surface area contributed by atoms with Crippen LogP contribution in [-0.4, -0.2) is 40.9 Å². The van der Waals surface area contributed by atoms with E-state index in [4.69, 9.17) is 19.8 Å². The fourth-order valence-corrected chi connectivity index (χ4v) is 6.52. The number of hydrogen-bond acceptors (Lipinski definition) is 6. The smallest absolute Gasteiger partial charge is 0.325 e. The van der Waals surface area contributed by atoms with Crippen LogP contribution in [0.25, 0.3) is 5.57 Å². The van der Waals surface area contributed by atoms with Gasteiger partial charge in [-0.05, 0) is 35.8 Å². The number of hydrogen-bond donors (Lipinski definition) is 4. The average molecular weight is 578 g/mol. The molecule has 13 heteroatoms. The maximum Gasteiger partial charge on any atom is 0.414 e. The molecular weight excluding hydrogens is 551 g/mol. The summed E-state index contributed by atoms with van der Waals surface area (Å²) in [4.78, 5) is 34.9. The van der Waals surface area contributed by atoms with Crippen molar-refractivity contribution in [2.45, 2.75) is 23.9 Å². The van der Waals surface area contributed by atoms with E-state index in [-0.39, 0.29) is 10.9 Å². The Hall–Kier alpha value is -4.06. The van der Waals surface area contributed by atoms with Crippen LogP contribution < -0.4 is 14.8 Å². The normalized spacial score (nSPS) is 18.5. The molecule has 2 aromatic heterocycles. The molecule has 0 unspecified atom stereocenters. The number of aromatic amines is 1. The highest BCUT2D eigenvalue weighted by atomic mass is 32.2. The van der Waals surface area contributed by atoms with Crippen LogP contribution in [0.2, 0.25) is 0 Å². The first-order chi connectivity index (χ1) is 19.2. The molecule has 1 aliphatic carbocycles. The predicted octanol–water partition coefficient (Wildman–Crippen LogP) is 2.55. The van der Waals surface area contributed by atoms with E-state index in [1.165, 1.54) is 10.6 Å². The minimum atomic E-state index is -5.06. The van der Waals surface area contributed by atoms with E-state index in [0.29, 0.717) is 30.2 Å². The zero-order valence-electron chi connectivity index (χ0n) is 21.0. The molecular formula is C27H26N6O5PS+. The Balaban J connectivity index is 1.64. The number of nitrogens with zero attached hydrogens (tertiary/aromatic N) is 3. The zero-order chi connectivity index (χ0) is 28.2. The van der Waals surface area contributed by atoms with Crippen LogP contribution in [0.3, 0.4) is 0 Å². The van der Waals surface area contributed by atoms with Crippen LogP contribution in [0.1, 0.15) is 23.2 Å². The number of nitrogens with one attached hydrogen (secondary N) is 3. The van der Waals surface area contributed by atoms with E-state index < -0.39 is 17.8 Å². The maximum atomic E-state index is 12.6. The van der Waals surface area contributed by atoms with Gasteiger partial charge in [-0.3, -0.25) is 15.0 Å². The number of fused-ring (bicyclic) bond motifs is 1. The van der Waals surface area contributed by atoms with Gasteiger partial charge in [-0.1, -0.05) is 60.7 Å². The highest BCUT2D eigenvalue weighted by Gasteiger charge is 2.31. The number of sulfonamides is 1. The summed E-state index contributed by atoms with van der Waals surface area (Å²) >= 11 is 0. The lowest BCUT2D eigenvalue weighted by atomic mass is 9.89. The summed E-state index contributed by atoms with van der Waals surface area (Å²) in [6.45, 7) is 0.293. The Morgan fingerprint density at radius 3 is 2.62 bits per heavy atom. The average Bonchev–Trinajstić information content (AvgIpc) is 2.92. The molecule has 3 aromatic rings. The molecule has 0 saturated heterocycles. The second-order valence-corrected chi connectivity index (χ2v) is 12.2. The first kappa shape index (κ1) is 27.5. The Morgan fingerprint density at radius 1 is 1.07 bits per heavy atom. The number of amidine groups is 2. The van der Waals surface area contributed by atoms with E-state index in [0.717, 1.165) is 28.6 Å². The summed E-state index contributed by atoms with van der Waals surface area (Å²) in [6.07, 6.45) is 12.9. The van der Waals surface area contributed by atoms with E-state index in [2.05, 4.69) is 15.3 Å². The maximum absolute atomic E-state index is 12.6. The van der Waals surface area contributed by atoms with Gasteiger partial charge in [0.2, 0.25) is 0 Å². The number of rotatable bonds is 7. The Bertz CT molecular complexity index is 1710. The third-order valence-electron chi connectivity index (χ3n) is 6.06. The fourth-order valence-electron chi connectivity index (χ4n) is 4.34. The number of pyridine rings is 2. The molecule has 0 fully saturated rings. The van der Waals surface area contributed by atoms with Crippen LogP contribution in [0.5, 0.6) is 0 Å². The van der Waals surface area contributed by atoms with Gasteiger partial charge in [-0.2, -0.15) is 0 Å². The van der Waals surface area contributed by atoms with Crippen molar-refractivity contribution in [1.29, 1.82) is 0 Å². The van der Waals surface area contributed by atoms with Crippen LogP contribution in [0, 0.1) is 0 Å². The molecule has 0 amide bonds. The lowest BCUT2D eigenvalue weighted by molar-refractivity contribution is -0.381. The molecule has 11 nitrogen and oxygen atoms in total. The van der Waals surface area contributed by atoms with Crippen LogP contribution in [-0.2, 0) is 21.1 Å². The molecule has 3 heterocycles. The van der Waals surface area contributed by atoms with E-state index in [1.54, 1.807) is 12.4 Å². The number of H-pyrrole nitrogens is 1. The second-order valence-electron chi connectivity index (χ2n) is 8.92. The van der Waals surface area contributed by atoms with Gasteiger partial charge in [-0.25, -0.2) is 18.0 Å². The van der Waals surface area contributed by atoms with Crippen LogP contribution >= 0.6 is 7.75 Å². The second kappa shape index (κ2) is 11.6. The van der Waals surface area contributed by atoms with Crippen molar-refractivity contribution in [3.05, 3.63) is 120 Å². The van der Waals surface area contributed by atoms with Crippen molar-refractivity contribution in [2.24, 2.45) is 9.98 Å². The van der Waals surface area contributed by atoms with Gasteiger partial charge < -0.3 is 15.1 Å². The predicted molar refractivity (Wildman–Crippen MR) is 150 cm³/mol. The zero-order valence-corrected chi connectivity index (χ0v) is 22.8. The van der Waals surface area contributed by atoms with Crippen molar-refractivity contribution < 1.29 is 27.8 Å². The van der Waals surface area contributed by atoms with Gasteiger partial charge in [0.05, 0.1) is 23.8 Å². The molecule has 0 bridgehead atoms. The molecule has 5 rings (SSSR count). The molecule has 1 aliphatic heterocycles. The highest BCUT2D eigenvalue weighted by molar-refractivity contribution is 7.94. The van der Waals surface area contributed by atoms with E-state index in [1.807, 2.05) is 72.8 Å². The molecule has 1 atom stereocenters. The standard InChI is InChI=1S/C27H25N6O5PS/c34-39(35,36)33-40(37,38)22-15-20(16-28-18-22)26-31-24-13-6-2-5-12-23(19-9-3-1-4-10-19)25(24)27(32-26)30-17-21-11-7-8-14-29-21/h1-12,14-16,18,24H,13,17H2,(H,30,31,32)(H3,33,34,35,36)/p+1/t24-/m0/s1. The number of allylic oxidation sites excluding steroid dienone is 4. The molecule has 5 N–H and O–H groups in total. The SMILES string of the molecule is O=P(O)(O)NS(=O)(=O)c1c[nH+]cc(C2=N[C@H]3CC=CC=CC(c4ccccc4)=C3C(=NCc3ccccn3)N2)c1. The van der Waals surface area contributed by atoms with Crippen molar-refractivity contribution in [3.63, 3.8) is 0 Å². The van der Waals surface area contributed by atoms with E-state index in [9.17, 15) is 13.0 Å². The molecule has 2 aliphatic rings. The molecule has 0 radical (unpaired) electrons. The van der Waals surface area contributed by atoms with Crippen LogP contribution in [0.4, 0.5) is 0 Å². The molecule has 1 aromatic carbocycles. The molecule has 0 saturated carbocycles. The third kappa shape index (κ3) is 6.56. The van der Waals surface area contributed by atoms with Gasteiger partial charge in [0.25, 0.3) is 10.0 Å². The Kier molecular flexibility index (Phi) is 7.97. The van der Waals surface area contributed by atoms with Crippen molar-refractivity contribution in [1.82, 2.24) is 14.8 Å². The molecule has 0 spiro atoms. The van der Waals surface area contributed by atoms with Crippen molar-refractivity contribution in [2.75, 3.05) is 0 Å². The summed E-state index contributed by atoms with van der Waals surface area (Å²) < 4.78 is 37.9. The fraction of sp³-hybridized carbons (Fsp3) is 0.111. The van der Waals surface area contributed by atoms with Crippen molar-refractivity contribution >= 4 is 35.0 Å². The summed E-state index contributed by atoms with van der Waals surface area (Å²) in [5.41, 5.74) is 3.94. The summed E-state index contributed by atoms with van der Waals surface area (Å²) in [5, 5.41) is 3.28. The lowest BCUT2D eigenvalue weighted by Gasteiger charge is -2.28. The van der Waals surface area contributed by atoms with Gasteiger partial charge in [0.15, 0.2) is 12.4 Å². The summed E-state index contributed by atoms with van der Waals surface area (Å²) in [5.74, 6) is 0.907. The quantitative estimate of drug-likeness (QED) is 0.313. The van der Waals surface area contributed by atoms with Gasteiger partial charge >= 0.3 is 7.75 Å². The van der Waals surface area contributed by atoms with Gasteiger partial charge in [0.1, 0.15) is 16.6 Å². The first-order valence-corrected chi connectivity index (χ1v) is 15.3. The largest absolute Gasteiger partial charge is 0.414 e. The number of aromatic nitrogens is 2. The molecule has 204 valence electrons. The highest BCUT2D eigenvalue weighted by Crippen LogP contribution is 2.32. The van der Waals surface area contributed by atoms with Gasteiger partial charge in [0, 0.05) is 11.8 Å². The molecule has 40 heavy (non-hydrogen) atoms.